The van der Waals surface area contributed by atoms with Gasteiger partial charge in [0.2, 0.25) is 5.91 Å². The number of nitrogens with two attached hydrogens (primary N) is 1. The van der Waals surface area contributed by atoms with Gasteiger partial charge in [0.25, 0.3) is 0 Å². The van der Waals surface area contributed by atoms with E-state index in [1.165, 1.54) is 12.8 Å². The number of carbonyl (C=O) groups excluding carboxylic acids is 1. The summed E-state index contributed by atoms with van der Waals surface area (Å²) in [6.07, 6.45) is 4.39. The summed E-state index contributed by atoms with van der Waals surface area (Å²) in [4.78, 5) is 14.6. The molecule has 1 aliphatic rings. The topological polar surface area (TPSA) is 46.3 Å². The summed E-state index contributed by atoms with van der Waals surface area (Å²) in [6, 6.07) is 7.60. The third kappa shape index (κ3) is 3.66. The zero-order valence-electron chi connectivity index (χ0n) is 11.5. The van der Waals surface area contributed by atoms with E-state index in [2.05, 4.69) is 6.92 Å². The van der Waals surface area contributed by atoms with Crippen LogP contribution < -0.4 is 10.6 Å². The van der Waals surface area contributed by atoms with Crippen LogP contribution in [-0.4, -0.2) is 23.5 Å². The maximum atomic E-state index is 12.6. The highest BCUT2D eigenvalue weighted by Crippen LogP contribution is 2.28. The molecular weight excluding hydrogens is 256 g/mol. The quantitative estimate of drug-likeness (QED) is 0.860. The second-order valence-electron chi connectivity index (χ2n) is 4.94. The van der Waals surface area contributed by atoms with E-state index >= 15 is 0 Å². The van der Waals surface area contributed by atoms with E-state index in [1.807, 2.05) is 40.9 Å². The maximum Gasteiger partial charge on any atom is 0.240 e. The van der Waals surface area contributed by atoms with E-state index in [1.54, 1.807) is 0 Å². The van der Waals surface area contributed by atoms with Crippen LogP contribution in [0.3, 0.4) is 0 Å². The molecule has 19 heavy (non-hydrogen) atoms. The van der Waals surface area contributed by atoms with Gasteiger partial charge in [0, 0.05) is 17.9 Å². The molecule has 0 radical (unpaired) electrons. The van der Waals surface area contributed by atoms with Gasteiger partial charge in [-0.3, -0.25) is 4.79 Å². The smallest absolute Gasteiger partial charge is 0.240 e. The molecule has 2 rings (SSSR count). The minimum atomic E-state index is 0.137. The van der Waals surface area contributed by atoms with Crippen LogP contribution in [0.2, 0.25) is 0 Å². The van der Waals surface area contributed by atoms with Crippen molar-refractivity contribution in [2.75, 3.05) is 22.9 Å². The number of carbonyl (C=O) groups is 1. The van der Waals surface area contributed by atoms with Crippen molar-refractivity contribution in [2.45, 2.75) is 37.9 Å². The first-order chi connectivity index (χ1) is 9.22. The van der Waals surface area contributed by atoms with E-state index in [9.17, 15) is 4.79 Å². The molecule has 1 heterocycles. The molecule has 1 aromatic rings. The summed E-state index contributed by atoms with van der Waals surface area (Å²) in [6.45, 7) is 2.88. The number of amides is 1. The number of hydrogen-bond acceptors (Lipinski definition) is 3. The van der Waals surface area contributed by atoms with Crippen molar-refractivity contribution in [3.05, 3.63) is 24.3 Å². The Morgan fingerprint density at radius 2 is 2.11 bits per heavy atom. The first-order valence-corrected chi connectivity index (χ1v) is 8.05. The maximum absolute atomic E-state index is 12.6. The molecule has 1 aromatic carbocycles. The number of nitrogens with zero attached hydrogens (tertiary/aromatic N) is 1. The molecule has 1 fully saturated rings. The molecule has 3 nitrogen and oxygen atoms in total. The van der Waals surface area contributed by atoms with Crippen LogP contribution >= 0.6 is 11.8 Å². The second kappa shape index (κ2) is 6.85. The number of thioether (sulfide) groups is 1. The van der Waals surface area contributed by atoms with Crippen molar-refractivity contribution in [3.8, 4) is 0 Å². The van der Waals surface area contributed by atoms with Crippen LogP contribution in [0.5, 0.6) is 0 Å². The lowest BCUT2D eigenvalue weighted by Crippen LogP contribution is -2.39. The van der Waals surface area contributed by atoms with E-state index in [0.29, 0.717) is 0 Å². The molecule has 0 aliphatic carbocycles. The lowest BCUT2D eigenvalue weighted by atomic mass is 10.1. The fourth-order valence-corrected chi connectivity index (χ4v) is 3.61. The van der Waals surface area contributed by atoms with Crippen molar-refractivity contribution in [1.29, 1.82) is 0 Å². The van der Waals surface area contributed by atoms with Gasteiger partial charge < -0.3 is 10.6 Å². The first kappa shape index (κ1) is 14.3. The minimum Gasteiger partial charge on any atom is -0.399 e. The van der Waals surface area contributed by atoms with Crippen molar-refractivity contribution in [2.24, 2.45) is 0 Å². The first-order valence-electron chi connectivity index (χ1n) is 7.01. The van der Waals surface area contributed by atoms with Crippen molar-refractivity contribution in [3.63, 3.8) is 0 Å². The van der Waals surface area contributed by atoms with Gasteiger partial charge in [-0.2, -0.15) is 0 Å². The van der Waals surface area contributed by atoms with Gasteiger partial charge >= 0.3 is 0 Å². The zero-order valence-corrected chi connectivity index (χ0v) is 12.3. The van der Waals surface area contributed by atoms with Gasteiger partial charge in [0.1, 0.15) is 0 Å². The van der Waals surface area contributed by atoms with Gasteiger partial charge in [-0.05, 0) is 49.3 Å². The van der Waals surface area contributed by atoms with Crippen LogP contribution in [0.15, 0.2) is 24.3 Å². The molecule has 1 aliphatic heterocycles. The average molecular weight is 278 g/mol. The lowest BCUT2D eigenvalue weighted by molar-refractivity contribution is -0.118. The minimum absolute atomic E-state index is 0.137. The van der Waals surface area contributed by atoms with E-state index in [4.69, 9.17) is 5.73 Å². The predicted octanol–water partition coefficient (Wildman–Crippen LogP) is 3.30. The summed E-state index contributed by atoms with van der Waals surface area (Å²) in [5.74, 6) is 1.37. The van der Waals surface area contributed by atoms with Gasteiger partial charge in [-0.15, -0.1) is 11.8 Å². The van der Waals surface area contributed by atoms with Crippen LogP contribution in [0.1, 0.15) is 32.6 Å². The summed E-state index contributed by atoms with van der Waals surface area (Å²) >= 11 is 1.81. The predicted molar refractivity (Wildman–Crippen MR) is 83.6 cm³/mol. The van der Waals surface area contributed by atoms with E-state index < -0.39 is 0 Å². The van der Waals surface area contributed by atoms with E-state index in [0.717, 1.165) is 36.5 Å². The molecule has 1 amide bonds. The highest BCUT2D eigenvalue weighted by atomic mass is 32.2. The van der Waals surface area contributed by atoms with Crippen molar-refractivity contribution < 1.29 is 4.79 Å². The molecule has 0 spiro atoms. The van der Waals surface area contributed by atoms with Crippen molar-refractivity contribution >= 4 is 29.0 Å². The Morgan fingerprint density at radius 1 is 1.37 bits per heavy atom. The molecule has 4 heteroatoms. The monoisotopic (exact) mass is 278 g/mol. The Kier molecular flexibility index (Phi) is 5.14. The summed E-state index contributed by atoms with van der Waals surface area (Å²) < 4.78 is 0. The third-order valence-corrected chi connectivity index (χ3v) is 4.74. The van der Waals surface area contributed by atoms with Crippen LogP contribution in [0.25, 0.3) is 0 Å². The van der Waals surface area contributed by atoms with Gasteiger partial charge in [0.05, 0.1) is 5.25 Å². The van der Waals surface area contributed by atoms with Crippen LogP contribution in [-0.2, 0) is 4.79 Å². The fraction of sp³-hybridized carbons (Fsp3) is 0.533. The molecule has 104 valence electrons. The molecule has 0 bridgehead atoms. The highest BCUT2D eigenvalue weighted by Gasteiger charge is 2.26. The number of nitrogen functional groups attached to an aromatic ring is 1. The van der Waals surface area contributed by atoms with Crippen LogP contribution in [0.4, 0.5) is 11.4 Å². The molecule has 0 saturated carbocycles. The Balaban J connectivity index is 2.14. The standard InChI is InChI=1S/C15H22N2OS/c1-2-10-17(13-8-6-12(16)7-9-13)15(18)14-5-3-4-11-19-14/h6-9,14H,2-5,10-11,16H2,1H3. The SMILES string of the molecule is CCCN(C(=O)C1CCCCS1)c1ccc(N)cc1. The molecule has 1 saturated heterocycles. The second-order valence-corrected chi connectivity index (χ2v) is 6.25. The molecule has 2 N–H and O–H groups in total. The normalized spacial score (nSPS) is 19.1. The fourth-order valence-electron chi connectivity index (χ4n) is 2.35. The molecular formula is C15H22N2OS. The number of anilines is 2. The number of benzene rings is 1. The number of rotatable bonds is 4. The third-order valence-electron chi connectivity index (χ3n) is 3.37. The Bertz CT molecular complexity index is 413. The van der Waals surface area contributed by atoms with Gasteiger partial charge in [0.15, 0.2) is 0 Å². The number of hydrogen-bond donors (Lipinski definition) is 1. The van der Waals surface area contributed by atoms with E-state index in [-0.39, 0.29) is 11.2 Å². The highest BCUT2D eigenvalue weighted by molar-refractivity contribution is 8.00. The molecule has 0 aromatic heterocycles. The summed E-state index contributed by atoms with van der Waals surface area (Å²) in [5, 5.41) is 0.137. The summed E-state index contributed by atoms with van der Waals surface area (Å²) in [5.41, 5.74) is 7.41. The Hall–Kier alpha value is -1.16. The largest absolute Gasteiger partial charge is 0.399 e. The van der Waals surface area contributed by atoms with Crippen LogP contribution in [0, 0.1) is 0 Å². The van der Waals surface area contributed by atoms with Gasteiger partial charge in [-0.1, -0.05) is 13.3 Å². The van der Waals surface area contributed by atoms with Gasteiger partial charge in [-0.25, -0.2) is 0 Å². The molecule has 1 unspecified atom stereocenters. The molecule has 1 atom stereocenters. The average Bonchev–Trinajstić information content (AvgIpc) is 2.46. The van der Waals surface area contributed by atoms with Crippen molar-refractivity contribution in [1.82, 2.24) is 0 Å². The zero-order chi connectivity index (χ0) is 13.7. The lowest BCUT2D eigenvalue weighted by Gasteiger charge is -2.29. The Labute approximate surface area is 119 Å². The Morgan fingerprint density at radius 3 is 2.68 bits per heavy atom. The summed E-state index contributed by atoms with van der Waals surface area (Å²) in [7, 11) is 0.